The number of hydrogen-bond acceptors (Lipinski definition) is 4. The molecule has 1 aromatic carbocycles. The molecule has 5 nitrogen and oxygen atoms in total. The third kappa shape index (κ3) is 5.49. The zero-order chi connectivity index (χ0) is 17.4. The number of methoxy groups -OCH3 is 1. The summed E-state index contributed by atoms with van der Waals surface area (Å²) in [6.07, 6.45) is 3.39. The van der Waals surface area contributed by atoms with Gasteiger partial charge in [0.25, 0.3) is 0 Å². The molecule has 5 heteroatoms. The van der Waals surface area contributed by atoms with Crippen molar-refractivity contribution < 1.29 is 19.4 Å². The number of aliphatic hydroxyl groups is 1. The molecule has 0 saturated heterocycles. The molecule has 1 amide bonds. The number of benzene rings is 1. The van der Waals surface area contributed by atoms with Crippen LogP contribution in [0.2, 0.25) is 0 Å². The summed E-state index contributed by atoms with van der Waals surface area (Å²) in [5, 5.41) is 12.7. The Balaban J connectivity index is 1.67. The SMILES string of the molecule is CCCc1ccc(OCCNC(=O)[C@@H]2CC[C@H](O)[C@H](OC)C2)cc1. The summed E-state index contributed by atoms with van der Waals surface area (Å²) in [6.45, 7) is 3.09. The zero-order valence-corrected chi connectivity index (χ0v) is 14.7. The van der Waals surface area contributed by atoms with Gasteiger partial charge in [0.2, 0.25) is 5.91 Å². The monoisotopic (exact) mass is 335 g/mol. The van der Waals surface area contributed by atoms with E-state index in [2.05, 4.69) is 24.4 Å². The van der Waals surface area contributed by atoms with Gasteiger partial charge >= 0.3 is 0 Å². The third-order valence-electron chi connectivity index (χ3n) is 4.56. The summed E-state index contributed by atoms with van der Waals surface area (Å²) >= 11 is 0. The molecule has 1 aliphatic carbocycles. The largest absolute Gasteiger partial charge is 0.492 e. The Morgan fingerprint density at radius 3 is 2.71 bits per heavy atom. The first kappa shape index (κ1) is 18.7. The molecular formula is C19H29NO4. The Kier molecular flexibility index (Phi) is 7.53. The average molecular weight is 335 g/mol. The number of rotatable bonds is 8. The number of aryl methyl sites for hydroxylation is 1. The third-order valence-corrected chi connectivity index (χ3v) is 4.56. The Labute approximate surface area is 144 Å². The van der Waals surface area contributed by atoms with Crippen LogP contribution in [0.1, 0.15) is 38.2 Å². The summed E-state index contributed by atoms with van der Waals surface area (Å²) in [5.74, 6) is 0.752. The van der Waals surface area contributed by atoms with Crippen LogP contribution in [0.3, 0.4) is 0 Å². The fourth-order valence-corrected chi connectivity index (χ4v) is 3.13. The van der Waals surface area contributed by atoms with Gasteiger partial charge in [-0.25, -0.2) is 0 Å². The molecular weight excluding hydrogens is 306 g/mol. The van der Waals surface area contributed by atoms with Gasteiger partial charge in [-0.1, -0.05) is 25.5 Å². The standard InChI is InChI=1S/C19H29NO4/c1-3-4-14-5-8-16(9-6-14)24-12-11-20-19(22)15-7-10-17(21)18(13-15)23-2/h5-6,8-9,15,17-18,21H,3-4,7,10-13H2,1-2H3,(H,20,22)/t15-,17+,18-/m1/s1. The highest BCUT2D eigenvalue weighted by molar-refractivity contribution is 5.78. The van der Waals surface area contributed by atoms with Gasteiger partial charge in [-0.3, -0.25) is 4.79 Å². The lowest BCUT2D eigenvalue weighted by molar-refractivity contribution is -0.130. The number of carbonyl (C=O) groups is 1. The minimum atomic E-state index is -0.460. The van der Waals surface area contributed by atoms with Gasteiger partial charge in [0, 0.05) is 13.0 Å². The number of carbonyl (C=O) groups excluding carboxylic acids is 1. The second-order valence-corrected chi connectivity index (χ2v) is 6.38. The smallest absolute Gasteiger partial charge is 0.223 e. The lowest BCUT2D eigenvalue weighted by Gasteiger charge is -2.31. The van der Waals surface area contributed by atoms with E-state index in [1.54, 1.807) is 7.11 Å². The van der Waals surface area contributed by atoms with Crippen molar-refractivity contribution in [1.82, 2.24) is 5.32 Å². The van der Waals surface area contributed by atoms with E-state index >= 15 is 0 Å². The van der Waals surface area contributed by atoms with Crippen LogP contribution in [-0.4, -0.2) is 43.5 Å². The second-order valence-electron chi connectivity index (χ2n) is 6.38. The number of aliphatic hydroxyl groups excluding tert-OH is 1. The molecule has 0 spiro atoms. The summed E-state index contributed by atoms with van der Waals surface area (Å²) < 4.78 is 10.9. The Morgan fingerprint density at radius 2 is 2.04 bits per heavy atom. The van der Waals surface area contributed by atoms with Crippen molar-refractivity contribution in [2.45, 2.75) is 51.2 Å². The van der Waals surface area contributed by atoms with Crippen molar-refractivity contribution in [2.24, 2.45) is 5.92 Å². The summed E-state index contributed by atoms with van der Waals surface area (Å²) in [5.41, 5.74) is 1.31. The first-order valence-electron chi connectivity index (χ1n) is 8.84. The predicted octanol–water partition coefficient (Wildman–Crippen LogP) is 2.31. The van der Waals surface area contributed by atoms with E-state index in [4.69, 9.17) is 9.47 Å². The first-order valence-corrected chi connectivity index (χ1v) is 8.84. The van der Waals surface area contributed by atoms with Crippen LogP contribution in [0.4, 0.5) is 0 Å². The van der Waals surface area contributed by atoms with E-state index < -0.39 is 6.10 Å². The Morgan fingerprint density at radius 1 is 1.29 bits per heavy atom. The minimum absolute atomic E-state index is 0.0193. The van der Waals surface area contributed by atoms with E-state index in [-0.39, 0.29) is 17.9 Å². The van der Waals surface area contributed by atoms with Crippen molar-refractivity contribution in [1.29, 1.82) is 0 Å². The molecule has 0 aromatic heterocycles. The molecule has 1 saturated carbocycles. The quantitative estimate of drug-likeness (QED) is 0.716. The van der Waals surface area contributed by atoms with Gasteiger partial charge in [0.1, 0.15) is 12.4 Å². The van der Waals surface area contributed by atoms with Crippen molar-refractivity contribution in [3.05, 3.63) is 29.8 Å². The molecule has 1 aliphatic rings. The van der Waals surface area contributed by atoms with Gasteiger partial charge in [0.05, 0.1) is 18.8 Å². The van der Waals surface area contributed by atoms with E-state index in [9.17, 15) is 9.90 Å². The molecule has 1 fully saturated rings. The van der Waals surface area contributed by atoms with Crippen LogP contribution in [0.5, 0.6) is 5.75 Å². The average Bonchev–Trinajstić information content (AvgIpc) is 2.60. The highest BCUT2D eigenvalue weighted by atomic mass is 16.5. The van der Waals surface area contributed by atoms with Crippen LogP contribution in [0, 0.1) is 5.92 Å². The lowest BCUT2D eigenvalue weighted by atomic mass is 9.84. The number of amides is 1. The maximum atomic E-state index is 12.2. The highest BCUT2D eigenvalue weighted by Gasteiger charge is 2.32. The molecule has 0 unspecified atom stereocenters. The Bertz CT molecular complexity index is 503. The molecule has 24 heavy (non-hydrogen) atoms. The highest BCUT2D eigenvalue weighted by Crippen LogP contribution is 2.26. The van der Waals surface area contributed by atoms with E-state index in [1.807, 2.05) is 12.1 Å². The van der Waals surface area contributed by atoms with Crippen molar-refractivity contribution in [2.75, 3.05) is 20.3 Å². The van der Waals surface area contributed by atoms with Crippen molar-refractivity contribution >= 4 is 5.91 Å². The van der Waals surface area contributed by atoms with E-state index in [0.29, 0.717) is 32.4 Å². The normalized spacial score (nSPS) is 23.7. The second kappa shape index (κ2) is 9.64. The number of hydrogen-bond donors (Lipinski definition) is 2. The maximum Gasteiger partial charge on any atom is 0.223 e. The molecule has 2 rings (SSSR count). The predicted molar refractivity (Wildman–Crippen MR) is 93.1 cm³/mol. The van der Waals surface area contributed by atoms with Gasteiger partial charge in [-0.05, 0) is 43.4 Å². The topological polar surface area (TPSA) is 67.8 Å². The summed E-state index contributed by atoms with van der Waals surface area (Å²) in [6, 6.07) is 8.10. The fraction of sp³-hybridized carbons (Fsp3) is 0.632. The molecule has 2 N–H and O–H groups in total. The molecule has 0 heterocycles. The Hall–Kier alpha value is -1.59. The number of ether oxygens (including phenoxy) is 2. The maximum absolute atomic E-state index is 12.2. The van der Waals surface area contributed by atoms with E-state index in [0.717, 1.165) is 18.6 Å². The summed E-state index contributed by atoms with van der Waals surface area (Å²) in [7, 11) is 1.58. The lowest BCUT2D eigenvalue weighted by Crippen LogP contribution is -2.42. The van der Waals surface area contributed by atoms with E-state index in [1.165, 1.54) is 5.56 Å². The summed E-state index contributed by atoms with van der Waals surface area (Å²) in [4.78, 5) is 12.2. The van der Waals surface area contributed by atoms with Gasteiger partial charge in [-0.15, -0.1) is 0 Å². The van der Waals surface area contributed by atoms with Crippen LogP contribution >= 0.6 is 0 Å². The molecule has 0 radical (unpaired) electrons. The van der Waals surface area contributed by atoms with Crippen LogP contribution in [0.25, 0.3) is 0 Å². The molecule has 0 bridgehead atoms. The van der Waals surface area contributed by atoms with Crippen LogP contribution in [-0.2, 0) is 16.0 Å². The number of nitrogens with one attached hydrogen (secondary N) is 1. The molecule has 0 aliphatic heterocycles. The first-order chi connectivity index (χ1) is 11.6. The van der Waals surface area contributed by atoms with Crippen LogP contribution < -0.4 is 10.1 Å². The molecule has 3 atom stereocenters. The zero-order valence-electron chi connectivity index (χ0n) is 14.7. The van der Waals surface area contributed by atoms with Gasteiger partial charge in [0.15, 0.2) is 0 Å². The fourth-order valence-electron chi connectivity index (χ4n) is 3.13. The molecule has 134 valence electrons. The van der Waals surface area contributed by atoms with Gasteiger partial charge < -0.3 is 19.9 Å². The molecule has 1 aromatic rings. The van der Waals surface area contributed by atoms with Crippen LogP contribution in [0.15, 0.2) is 24.3 Å². The van der Waals surface area contributed by atoms with Gasteiger partial charge in [-0.2, -0.15) is 0 Å². The van der Waals surface area contributed by atoms with Crippen molar-refractivity contribution in [3.63, 3.8) is 0 Å². The minimum Gasteiger partial charge on any atom is -0.492 e. The van der Waals surface area contributed by atoms with Crippen molar-refractivity contribution in [3.8, 4) is 5.75 Å².